The highest BCUT2D eigenvalue weighted by Gasteiger charge is 2.28. The van der Waals surface area contributed by atoms with E-state index in [0.29, 0.717) is 32.0 Å². The molecule has 1 aliphatic heterocycles. The molecular weight excluding hydrogens is 380 g/mol. The number of esters is 1. The average Bonchev–Trinajstić information content (AvgIpc) is 3.23. The number of benzene rings is 1. The standard InChI is InChI=1S/C23H32N4O3/c1-4-24-23(27-14-6-7-19(15-27)22(28)29-5-2)25-13-12-20-16-30-21(26-20)18-10-8-17(3)9-11-18/h8-11,16,19H,4-7,12-15H2,1-3H3,(H,24,25). The van der Waals surface area contributed by atoms with E-state index in [0.717, 1.165) is 43.1 Å². The Kier molecular flexibility index (Phi) is 7.88. The lowest BCUT2D eigenvalue weighted by molar-refractivity contribution is -0.149. The number of guanidine groups is 1. The van der Waals surface area contributed by atoms with Crippen LogP contribution in [0.25, 0.3) is 11.5 Å². The largest absolute Gasteiger partial charge is 0.466 e. The first-order chi connectivity index (χ1) is 14.6. The number of nitrogens with zero attached hydrogens (tertiary/aromatic N) is 3. The first-order valence-corrected chi connectivity index (χ1v) is 10.8. The Morgan fingerprint density at radius 1 is 1.33 bits per heavy atom. The molecule has 3 rings (SSSR count). The highest BCUT2D eigenvalue weighted by Crippen LogP contribution is 2.20. The summed E-state index contributed by atoms with van der Waals surface area (Å²) < 4.78 is 10.8. The lowest BCUT2D eigenvalue weighted by Crippen LogP contribution is -2.48. The van der Waals surface area contributed by atoms with Gasteiger partial charge in [0, 0.05) is 38.2 Å². The molecule has 0 aliphatic carbocycles. The van der Waals surface area contributed by atoms with Crippen LogP contribution in [-0.4, -0.2) is 54.6 Å². The van der Waals surface area contributed by atoms with E-state index >= 15 is 0 Å². The minimum Gasteiger partial charge on any atom is -0.466 e. The minimum atomic E-state index is -0.107. The lowest BCUT2D eigenvalue weighted by atomic mass is 9.98. The number of carbonyl (C=O) groups excluding carboxylic acids is 1. The number of hydrogen-bond acceptors (Lipinski definition) is 5. The van der Waals surface area contributed by atoms with Crippen molar-refractivity contribution in [2.24, 2.45) is 10.9 Å². The van der Waals surface area contributed by atoms with Crippen molar-refractivity contribution in [1.29, 1.82) is 0 Å². The molecule has 0 saturated carbocycles. The molecule has 1 saturated heterocycles. The summed E-state index contributed by atoms with van der Waals surface area (Å²) in [6, 6.07) is 8.13. The van der Waals surface area contributed by atoms with Crippen molar-refractivity contribution in [2.75, 3.05) is 32.8 Å². The Morgan fingerprint density at radius 2 is 2.13 bits per heavy atom. The van der Waals surface area contributed by atoms with Gasteiger partial charge in [0.2, 0.25) is 5.89 Å². The number of nitrogens with one attached hydrogen (secondary N) is 1. The third-order valence-corrected chi connectivity index (χ3v) is 5.16. The van der Waals surface area contributed by atoms with E-state index in [2.05, 4.69) is 22.1 Å². The summed E-state index contributed by atoms with van der Waals surface area (Å²) in [7, 11) is 0. The van der Waals surface area contributed by atoms with Crippen LogP contribution in [0.1, 0.15) is 37.9 Å². The molecule has 1 aliphatic rings. The molecule has 1 N–H and O–H groups in total. The van der Waals surface area contributed by atoms with E-state index in [1.54, 1.807) is 6.26 Å². The van der Waals surface area contributed by atoms with E-state index < -0.39 is 0 Å². The van der Waals surface area contributed by atoms with Crippen molar-refractivity contribution in [1.82, 2.24) is 15.2 Å². The van der Waals surface area contributed by atoms with Gasteiger partial charge in [-0.1, -0.05) is 17.7 Å². The molecule has 7 nitrogen and oxygen atoms in total. The van der Waals surface area contributed by atoms with Crippen molar-refractivity contribution in [3.05, 3.63) is 41.8 Å². The molecule has 1 aromatic carbocycles. The second kappa shape index (κ2) is 10.8. The third-order valence-electron chi connectivity index (χ3n) is 5.16. The van der Waals surface area contributed by atoms with Gasteiger partial charge in [-0.2, -0.15) is 0 Å². The number of oxazole rings is 1. The van der Waals surface area contributed by atoms with Gasteiger partial charge in [0.15, 0.2) is 5.96 Å². The van der Waals surface area contributed by atoms with Crippen LogP contribution in [0.5, 0.6) is 0 Å². The molecule has 1 aromatic heterocycles. The molecule has 2 aromatic rings. The number of likely N-dealkylation sites (tertiary alicyclic amines) is 1. The highest BCUT2D eigenvalue weighted by molar-refractivity contribution is 5.81. The van der Waals surface area contributed by atoms with Crippen molar-refractivity contribution < 1.29 is 13.9 Å². The first kappa shape index (κ1) is 21.9. The maximum Gasteiger partial charge on any atom is 0.310 e. The molecule has 30 heavy (non-hydrogen) atoms. The number of hydrogen-bond donors (Lipinski definition) is 1. The Hall–Kier alpha value is -2.83. The molecule has 1 atom stereocenters. The quantitative estimate of drug-likeness (QED) is 0.426. The lowest BCUT2D eigenvalue weighted by Gasteiger charge is -2.34. The maximum absolute atomic E-state index is 12.1. The SMILES string of the molecule is CCNC(=NCCc1coc(-c2ccc(C)cc2)n1)N1CCCC(C(=O)OCC)C1. The number of carbonyl (C=O) groups is 1. The van der Waals surface area contributed by atoms with Gasteiger partial charge < -0.3 is 19.4 Å². The van der Waals surface area contributed by atoms with Gasteiger partial charge in [0.25, 0.3) is 0 Å². The number of aliphatic imine (C=N–C) groups is 1. The van der Waals surface area contributed by atoms with E-state index in [-0.39, 0.29) is 11.9 Å². The monoisotopic (exact) mass is 412 g/mol. The Labute approximate surface area is 178 Å². The summed E-state index contributed by atoms with van der Waals surface area (Å²) in [5.74, 6) is 1.28. The molecule has 162 valence electrons. The summed E-state index contributed by atoms with van der Waals surface area (Å²) in [6.45, 7) is 9.29. The second-order valence-corrected chi connectivity index (χ2v) is 7.53. The number of piperidine rings is 1. The smallest absolute Gasteiger partial charge is 0.310 e. The van der Waals surface area contributed by atoms with Crippen LogP contribution in [0, 0.1) is 12.8 Å². The number of aromatic nitrogens is 1. The fourth-order valence-electron chi connectivity index (χ4n) is 3.57. The predicted octanol–water partition coefficient (Wildman–Crippen LogP) is 3.43. The average molecular weight is 413 g/mol. The van der Waals surface area contributed by atoms with Gasteiger partial charge >= 0.3 is 5.97 Å². The van der Waals surface area contributed by atoms with Crippen molar-refractivity contribution in [3.8, 4) is 11.5 Å². The van der Waals surface area contributed by atoms with Gasteiger partial charge in [0.05, 0.1) is 18.2 Å². The number of aryl methyl sites for hydroxylation is 1. The first-order valence-electron chi connectivity index (χ1n) is 10.8. The highest BCUT2D eigenvalue weighted by atomic mass is 16.5. The Bertz CT molecular complexity index is 844. The van der Waals surface area contributed by atoms with E-state index in [1.807, 2.05) is 38.1 Å². The van der Waals surface area contributed by atoms with Crippen LogP contribution in [0.2, 0.25) is 0 Å². The van der Waals surface area contributed by atoms with Gasteiger partial charge in [-0.3, -0.25) is 9.79 Å². The van der Waals surface area contributed by atoms with Crippen molar-refractivity contribution in [2.45, 2.75) is 40.0 Å². The zero-order chi connectivity index (χ0) is 21.3. The molecule has 7 heteroatoms. The molecule has 1 fully saturated rings. The van der Waals surface area contributed by atoms with Crippen molar-refractivity contribution >= 4 is 11.9 Å². The molecule has 1 unspecified atom stereocenters. The number of ether oxygens (including phenoxy) is 1. The van der Waals surface area contributed by atoms with Gasteiger partial charge in [0.1, 0.15) is 6.26 Å². The fraction of sp³-hybridized carbons (Fsp3) is 0.522. The zero-order valence-electron chi connectivity index (χ0n) is 18.2. The van der Waals surface area contributed by atoms with E-state index in [9.17, 15) is 4.79 Å². The second-order valence-electron chi connectivity index (χ2n) is 7.53. The summed E-state index contributed by atoms with van der Waals surface area (Å²) in [5, 5.41) is 3.35. The van der Waals surface area contributed by atoms with E-state index in [4.69, 9.17) is 14.1 Å². The van der Waals surface area contributed by atoms with Crippen LogP contribution < -0.4 is 5.32 Å². The summed E-state index contributed by atoms with van der Waals surface area (Å²) in [4.78, 5) is 23.6. The van der Waals surface area contributed by atoms with Gasteiger partial charge in [-0.05, 0) is 45.7 Å². The molecule has 0 bridgehead atoms. The van der Waals surface area contributed by atoms with E-state index in [1.165, 1.54) is 5.56 Å². The Morgan fingerprint density at radius 3 is 2.87 bits per heavy atom. The summed E-state index contributed by atoms with van der Waals surface area (Å²) in [5.41, 5.74) is 3.06. The van der Waals surface area contributed by atoms with Gasteiger partial charge in [-0.25, -0.2) is 4.98 Å². The topological polar surface area (TPSA) is 80.0 Å². The third kappa shape index (κ3) is 5.84. The predicted molar refractivity (Wildman–Crippen MR) is 117 cm³/mol. The van der Waals surface area contributed by atoms with Gasteiger partial charge in [-0.15, -0.1) is 0 Å². The summed E-state index contributed by atoms with van der Waals surface area (Å²) >= 11 is 0. The van der Waals surface area contributed by atoms with Crippen LogP contribution >= 0.6 is 0 Å². The minimum absolute atomic E-state index is 0.0878. The maximum atomic E-state index is 12.1. The molecular formula is C23H32N4O3. The van der Waals surface area contributed by atoms with Crippen LogP contribution in [0.3, 0.4) is 0 Å². The Balaban J connectivity index is 1.60. The van der Waals surface area contributed by atoms with Crippen molar-refractivity contribution in [3.63, 3.8) is 0 Å². The zero-order valence-corrected chi connectivity index (χ0v) is 18.2. The summed E-state index contributed by atoms with van der Waals surface area (Å²) in [6.07, 6.45) is 4.22. The normalized spacial score (nSPS) is 17.1. The number of rotatable bonds is 7. The molecule has 0 spiro atoms. The fourth-order valence-corrected chi connectivity index (χ4v) is 3.57. The molecule has 0 amide bonds. The van der Waals surface area contributed by atoms with Crippen LogP contribution in [0.15, 0.2) is 39.9 Å². The van der Waals surface area contributed by atoms with Crippen LogP contribution in [-0.2, 0) is 16.0 Å². The molecule has 0 radical (unpaired) electrons. The molecule has 2 heterocycles. The van der Waals surface area contributed by atoms with Crippen LogP contribution in [0.4, 0.5) is 0 Å².